The molecule has 16 heavy (non-hydrogen) atoms. The number of benzene rings is 1. The molecule has 0 saturated heterocycles. The van der Waals surface area contributed by atoms with Crippen LogP contribution >= 0.6 is 11.8 Å². The van der Waals surface area contributed by atoms with Gasteiger partial charge < -0.3 is 4.74 Å². The topological polar surface area (TPSA) is 38.3 Å². The fraction of sp³-hybridized carbons (Fsp3) is 0.417. The Balaban J connectivity index is 2.56. The molecule has 1 rings (SSSR count). The molecule has 0 spiro atoms. The van der Waals surface area contributed by atoms with Crippen molar-refractivity contribution in [1.82, 2.24) is 0 Å². The minimum atomic E-state index is -0.469. The molecule has 0 aliphatic carbocycles. The lowest BCUT2D eigenvalue weighted by molar-refractivity contribution is 0.0636. The summed E-state index contributed by atoms with van der Waals surface area (Å²) in [6.45, 7) is 5.51. The summed E-state index contributed by atoms with van der Waals surface area (Å²) in [7, 11) is 0. The maximum absolute atomic E-state index is 11.4. The molecular formula is C12H17NO2S. The van der Waals surface area contributed by atoms with Crippen molar-refractivity contribution >= 4 is 23.5 Å². The van der Waals surface area contributed by atoms with Gasteiger partial charge in [-0.05, 0) is 51.3 Å². The summed E-state index contributed by atoms with van der Waals surface area (Å²) in [5, 5.41) is 2.68. The van der Waals surface area contributed by atoms with E-state index in [0.29, 0.717) is 0 Å². The van der Waals surface area contributed by atoms with Gasteiger partial charge in [-0.15, -0.1) is 11.8 Å². The molecule has 4 heteroatoms. The van der Waals surface area contributed by atoms with E-state index in [-0.39, 0.29) is 0 Å². The molecule has 0 aliphatic heterocycles. The van der Waals surface area contributed by atoms with Crippen molar-refractivity contribution in [3.8, 4) is 0 Å². The van der Waals surface area contributed by atoms with Crippen LogP contribution in [0, 0.1) is 0 Å². The van der Waals surface area contributed by atoms with Gasteiger partial charge in [0.1, 0.15) is 5.60 Å². The highest BCUT2D eigenvalue weighted by Crippen LogP contribution is 2.18. The Hall–Kier alpha value is -1.16. The number of rotatable bonds is 2. The van der Waals surface area contributed by atoms with E-state index in [1.807, 2.05) is 51.3 Å². The monoisotopic (exact) mass is 239 g/mol. The highest BCUT2D eigenvalue weighted by molar-refractivity contribution is 7.98. The molecule has 0 radical (unpaired) electrons. The summed E-state index contributed by atoms with van der Waals surface area (Å²) in [5.74, 6) is 0. The van der Waals surface area contributed by atoms with E-state index in [1.165, 1.54) is 0 Å². The van der Waals surface area contributed by atoms with Gasteiger partial charge in [0.15, 0.2) is 0 Å². The van der Waals surface area contributed by atoms with Crippen LogP contribution in [-0.4, -0.2) is 18.0 Å². The first-order valence-electron chi connectivity index (χ1n) is 5.05. The summed E-state index contributed by atoms with van der Waals surface area (Å²) < 4.78 is 5.14. The molecule has 0 fully saturated rings. The van der Waals surface area contributed by atoms with Crippen LogP contribution in [0.4, 0.5) is 10.5 Å². The second kappa shape index (κ2) is 5.25. The number of thioether (sulfide) groups is 1. The summed E-state index contributed by atoms with van der Waals surface area (Å²) >= 11 is 1.66. The van der Waals surface area contributed by atoms with Gasteiger partial charge in [0.2, 0.25) is 0 Å². The van der Waals surface area contributed by atoms with E-state index in [2.05, 4.69) is 5.32 Å². The van der Waals surface area contributed by atoms with E-state index < -0.39 is 11.7 Å². The van der Waals surface area contributed by atoms with Gasteiger partial charge in [-0.25, -0.2) is 4.79 Å². The van der Waals surface area contributed by atoms with Crippen molar-refractivity contribution in [2.24, 2.45) is 0 Å². The lowest BCUT2D eigenvalue weighted by Gasteiger charge is -2.19. The quantitative estimate of drug-likeness (QED) is 0.799. The molecule has 0 atom stereocenters. The number of nitrogens with one attached hydrogen (secondary N) is 1. The molecule has 0 aliphatic rings. The molecule has 1 N–H and O–H groups in total. The smallest absolute Gasteiger partial charge is 0.412 e. The third kappa shape index (κ3) is 4.57. The molecule has 0 saturated carbocycles. The van der Waals surface area contributed by atoms with Crippen LogP contribution in [0.5, 0.6) is 0 Å². The molecule has 1 aromatic carbocycles. The molecule has 0 aromatic heterocycles. The third-order valence-electron chi connectivity index (χ3n) is 1.74. The molecule has 1 amide bonds. The molecular weight excluding hydrogens is 222 g/mol. The van der Waals surface area contributed by atoms with Crippen LogP contribution in [0.25, 0.3) is 0 Å². The van der Waals surface area contributed by atoms with Crippen molar-refractivity contribution in [2.75, 3.05) is 11.6 Å². The first kappa shape index (κ1) is 12.9. The number of carbonyl (C=O) groups excluding carboxylic acids is 1. The average molecular weight is 239 g/mol. The Kier molecular flexibility index (Phi) is 4.24. The van der Waals surface area contributed by atoms with Crippen molar-refractivity contribution < 1.29 is 9.53 Å². The Morgan fingerprint density at radius 1 is 1.25 bits per heavy atom. The first-order chi connectivity index (χ1) is 7.40. The fourth-order valence-corrected chi connectivity index (χ4v) is 1.50. The molecule has 0 bridgehead atoms. The highest BCUT2D eigenvalue weighted by Gasteiger charge is 2.15. The Labute approximate surface area is 101 Å². The number of hydrogen-bond donors (Lipinski definition) is 1. The average Bonchev–Trinajstić information content (AvgIpc) is 2.16. The maximum atomic E-state index is 11.4. The van der Waals surface area contributed by atoms with E-state index >= 15 is 0 Å². The van der Waals surface area contributed by atoms with Gasteiger partial charge >= 0.3 is 6.09 Å². The minimum Gasteiger partial charge on any atom is -0.444 e. The summed E-state index contributed by atoms with van der Waals surface area (Å²) in [6, 6.07) is 7.63. The van der Waals surface area contributed by atoms with Crippen LogP contribution in [-0.2, 0) is 4.74 Å². The first-order valence-corrected chi connectivity index (χ1v) is 6.27. The van der Waals surface area contributed by atoms with Crippen molar-refractivity contribution in [1.29, 1.82) is 0 Å². The normalized spacial score (nSPS) is 11.0. The summed E-state index contributed by atoms with van der Waals surface area (Å²) in [4.78, 5) is 12.6. The van der Waals surface area contributed by atoms with E-state index in [0.717, 1.165) is 10.6 Å². The Morgan fingerprint density at radius 3 is 2.25 bits per heavy atom. The van der Waals surface area contributed by atoms with Crippen LogP contribution in [0.2, 0.25) is 0 Å². The van der Waals surface area contributed by atoms with Crippen molar-refractivity contribution in [3.05, 3.63) is 24.3 Å². The molecule has 1 aromatic rings. The summed E-state index contributed by atoms with van der Waals surface area (Å²) in [5.41, 5.74) is 0.274. The zero-order valence-electron chi connectivity index (χ0n) is 10.0. The third-order valence-corrected chi connectivity index (χ3v) is 2.48. The van der Waals surface area contributed by atoms with Gasteiger partial charge in [-0.1, -0.05) is 0 Å². The Morgan fingerprint density at radius 2 is 1.81 bits per heavy atom. The van der Waals surface area contributed by atoms with Crippen molar-refractivity contribution in [2.45, 2.75) is 31.3 Å². The molecule has 0 heterocycles. The van der Waals surface area contributed by atoms with Crippen LogP contribution in [0.3, 0.4) is 0 Å². The number of carbonyl (C=O) groups is 1. The van der Waals surface area contributed by atoms with Crippen molar-refractivity contribution in [3.63, 3.8) is 0 Å². The predicted octanol–water partition coefficient (Wildman–Crippen LogP) is 3.76. The van der Waals surface area contributed by atoms with Gasteiger partial charge in [-0.3, -0.25) is 5.32 Å². The van der Waals surface area contributed by atoms with Crippen LogP contribution in [0.15, 0.2) is 29.2 Å². The maximum Gasteiger partial charge on any atom is 0.412 e. The number of ether oxygens (including phenoxy) is 1. The van der Waals surface area contributed by atoms with E-state index in [4.69, 9.17) is 4.74 Å². The molecule has 3 nitrogen and oxygen atoms in total. The second-order valence-corrected chi connectivity index (χ2v) is 5.24. The van der Waals surface area contributed by atoms with Crippen LogP contribution < -0.4 is 5.32 Å². The summed E-state index contributed by atoms with van der Waals surface area (Å²) in [6.07, 6.45) is 1.58. The minimum absolute atomic E-state index is 0.426. The number of anilines is 1. The fourth-order valence-electron chi connectivity index (χ4n) is 1.10. The SMILES string of the molecule is CSc1ccc(NC(=O)OC(C)(C)C)cc1. The highest BCUT2D eigenvalue weighted by atomic mass is 32.2. The lowest BCUT2D eigenvalue weighted by atomic mass is 10.2. The zero-order valence-corrected chi connectivity index (χ0v) is 10.9. The van der Waals surface area contributed by atoms with Gasteiger partial charge in [0.25, 0.3) is 0 Å². The van der Waals surface area contributed by atoms with Gasteiger partial charge in [0, 0.05) is 10.6 Å². The number of hydrogen-bond acceptors (Lipinski definition) is 3. The largest absolute Gasteiger partial charge is 0.444 e. The van der Waals surface area contributed by atoms with Gasteiger partial charge in [0.05, 0.1) is 0 Å². The second-order valence-electron chi connectivity index (χ2n) is 4.36. The van der Waals surface area contributed by atoms with E-state index in [1.54, 1.807) is 11.8 Å². The zero-order chi connectivity index (χ0) is 12.2. The standard InChI is InChI=1S/C12H17NO2S/c1-12(2,3)15-11(14)13-9-5-7-10(16-4)8-6-9/h5-8H,1-4H3,(H,13,14). The Bertz CT molecular complexity index is 354. The van der Waals surface area contributed by atoms with E-state index in [9.17, 15) is 4.79 Å². The molecule has 0 unspecified atom stereocenters. The predicted molar refractivity (Wildman–Crippen MR) is 68.1 cm³/mol. The van der Waals surface area contributed by atoms with Gasteiger partial charge in [-0.2, -0.15) is 0 Å². The molecule has 88 valence electrons. The lowest BCUT2D eigenvalue weighted by Crippen LogP contribution is -2.27. The number of amides is 1. The van der Waals surface area contributed by atoms with Crippen LogP contribution in [0.1, 0.15) is 20.8 Å².